The molecule has 0 saturated carbocycles. The highest BCUT2D eigenvalue weighted by atomic mass is 35.5. The topological polar surface area (TPSA) is 26.3 Å². The van der Waals surface area contributed by atoms with Crippen LogP contribution in [0.4, 0.5) is 0 Å². The molecule has 0 saturated heterocycles. The molecule has 0 radical (unpaired) electrons. The zero-order valence-electron chi connectivity index (χ0n) is 12.6. The summed E-state index contributed by atoms with van der Waals surface area (Å²) in [6.07, 6.45) is 2.22. The smallest absolute Gasteiger partial charge is 0.133 e. The van der Waals surface area contributed by atoms with Crippen molar-refractivity contribution in [3.63, 3.8) is 0 Å². The van der Waals surface area contributed by atoms with Crippen LogP contribution in [0.1, 0.15) is 30.0 Å². The van der Waals surface area contributed by atoms with Crippen molar-refractivity contribution in [2.24, 2.45) is 0 Å². The Bertz CT molecular complexity index is 745. The van der Waals surface area contributed by atoms with Gasteiger partial charge < -0.3 is 4.74 Å². The number of ether oxygens (including phenoxy) is 1. The van der Waals surface area contributed by atoms with Gasteiger partial charge in [-0.15, -0.1) is 0 Å². The highest BCUT2D eigenvalue weighted by molar-refractivity contribution is 6.30. The van der Waals surface area contributed by atoms with Gasteiger partial charge in [0.1, 0.15) is 17.6 Å². The van der Waals surface area contributed by atoms with E-state index in [0.29, 0.717) is 11.4 Å². The lowest BCUT2D eigenvalue weighted by atomic mass is 9.92. The maximum Gasteiger partial charge on any atom is 0.133 e. The zero-order valence-corrected chi connectivity index (χ0v) is 13.4. The van der Waals surface area contributed by atoms with E-state index < -0.39 is 0 Å². The highest BCUT2D eigenvalue weighted by Gasteiger charge is 2.25. The van der Waals surface area contributed by atoms with Gasteiger partial charge in [0.05, 0.1) is 0 Å². The zero-order chi connectivity index (χ0) is 15.7. The van der Waals surface area contributed by atoms with Crippen molar-refractivity contribution < 1.29 is 9.53 Å². The number of carbonyl (C=O) groups is 1. The van der Waals surface area contributed by atoms with Gasteiger partial charge in [-0.3, -0.25) is 4.79 Å². The van der Waals surface area contributed by atoms with Gasteiger partial charge in [0.25, 0.3) is 0 Å². The third kappa shape index (κ3) is 3.07. The third-order valence-electron chi connectivity index (χ3n) is 3.74. The molecular weight excluding hydrogens is 296 g/mol. The molecule has 2 aromatic rings. The van der Waals surface area contributed by atoms with E-state index in [1.807, 2.05) is 36.4 Å². The van der Waals surface area contributed by atoms with E-state index in [1.165, 1.54) is 5.56 Å². The molecule has 1 heterocycles. The Balaban J connectivity index is 2.07. The summed E-state index contributed by atoms with van der Waals surface area (Å²) in [7, 11) is 0. The molecule has 0 N–H and O–H groups in total. The summed E-state index contributed by atoms with van der Waals surface area (Å²) in [5, 5.41) is 0.695. The predicted molar refractivity (Wildman–Crippen MR) is 90.2 cm³/mol. The summed E-state index contributed by atoms with van der Waals surface area (Å²) in [5.74, 6) is 0.940. The van der Waals surface area contributed by atoms with Gasteiger partial charge >= 0.3 is 0 Å². The number of Topliss-reactive ketones (excluding diaryl/α,β-unsaturated/α-hetero) is 1. The second-order valence-electron chi connectivity index (χ2n) is 5.66. The number of fused-ring (bicyclic) bond motifs is 1. The highest BCUT2D eigenvalue weighted by Crippen LogP contribution is 2.36. The molecule has 1 atom stereocenters. The van der Waals surface area contributed by atoms with Crippen LogP contribution >= 0.6 is 11.6 Å². The Labute approximate surface area is 135 Å². The molecule has 0 amide bonds. The molecule has 22 heavy (non-hydrogen) atoms. The molecule has 2 aromatic carbocycles. The fourth-order valence-corrected chi connectivity index (χ4v) is 2.82. The maximum absolute atomic E-state index is 11.6. The summed E-state index contributed by atoms with van der Waals surface area (Å²) in [6.45, 7) is 3.64. The van der Waals surface area contributed by atoms with Crippen molar-refractivity contribution >= 4 is 29.0 Å². The predicted octanol–water partition coefficient (Wildman–Crippen LogP) is 4.93. The molecule has 1 aliphatic rings. The average molecular weight is 313 g/mol. The summed E-state index contributed by atoms with van der Waals surface area (Å²) in [5.41, 5.74) is 4.27. The minimum absolute atomic E-state index is 0.112. The van der Waals surface area contributed by atoms with Crippen molar-refractivity contribution in [2.45, 2.75) is 26.4 Å². The number of ketones is 1. The molecule has 0 aliphatic carbocycles. The van der Waals surface area contributed by atoms with Crippen LogP contribution in [0.3, 0.4) is 0 Å². The normalized spacial score (nSPS) is 16.5. The summed E-state index contributed by atoms with van der Waals surface area (Å²) in [6, 6.07) is 13.7. The van der Waals surface area contributed by atoms with Gasteiger partial charge in [-0.2, -0.15) is 0 Å². The van der Waals surface area contributed by atoms with Crippen LogP contribution in [0.5, 0.6) is 5.75 Å². The number of aryl methyl sites for hydroxylation is 1. The first-order valence-corrected chi connectivity index (χ1v) is 7.65. The van der Waals surface area contributed by atoms with Gasteiger partial charge in [0, 0.05) is 22.6 Å². The number of carbonyl (C=O) groups excluding carboxylic acids is 1. The van der Waals surface area contributed by atoms with Crippen molar-refractivity contribution in [3.8, 4) is 5.75 Å². The van der Waals surface area contributed by atoms with Gasteiger partial charge in [-0.25, -0.2) is 0 Å². The Morgan fingerprint density at radius 2 is 1.91 bits per heavy atom. The summed E-state index contributed by atoms with van der Waals surface area (Å²) in [4.78, 5) is 11.6. The quantitative estimate of drug-likeness (QED) is 0.803. The minimum atomic E-state index is -0.256. The van der Waals surface area contributed by atoms with E-state index in [2.05, 4.69) is 19.1 Å². The number of hydrogen-bond acceptors (Lipinski definition) is 2. The van der Waals surface area contributed by atoms with Crippen molar-refractivity contribution in [3.05, 3.63) is 64.2 Å². The first-order valence-electron chi connectivity index (χ1n) is 7.27. The molecule has 3 rings (SSSR count). The Kier molecular flexibility index (Phi) is 4.04. The molecule has 3 heteroatoms. The largest absolute Gasteiger partial charge is 0.485 e. The molecule has 0 spiro atoms. The molecule has 112 valence electrons. The van der Waals surface area contributed by atoms with E-state index in [0.717, 1.165) is 22.4 Å². The number of halogens is 1. The van der Waals surface area contributed by atoms with E-state index in [4.69, 9.17) is 16.3 Å². The van der Waals surface area contributed by atoms with Crippen molar-refractivity contribution in [1.29, 1.82) is 0 Å². The lowest BCUT2D eigenvalue weighted by molar-refractivity contribution is -0.118. The second-order valence-corrected chi connectivity index (χ2v) is 6.10. The lowest BCUT2D eigenvalue weighted by Gasteiger charge is -2.27. The lowest BCUT2D eigenvalue weighted by Crippen LogP contribution is -2.24. The van der Waals surface area contributed by atoms with Crippen LogP contribution in [0, 0.1) is 6.92 Å². The molecule has 0 aromatic heterocycles. The van der Waals surface area contributed by atoms with E-state index in [1.54, 1.807) is 6.92 Å². The van der Waals surface area contributed by atoms with Gasteiger partial charge in [-0.05, 0) is 49.8 Å². The van der Waals surface area contributed by atoms with Crippen LogP contribution < -0.4 is 4.74 Å². The Morgan fingerprint density at radius 3 is 2.59 bits per heavy atom. The fourth-order valence-electron chi connectivity index (χ4n) is 2.69. The number of benzene rings is 2. The number of hydrogen-bond donors (Lipinski definition) is 0. The van der Waals surface area contributed by atoms with Crippen LogP contribution in [0.15, 0.2) is 42.5 Å². The van der Waals surface area contributed by atoms with Crippen LogP contribution in [-0.4, -0.2) is 11.9 Å². The molecule has 1 unspecified atom stereocenters. The molecule has 2 nitrogen and oxygen atoms in total. The molecule has 0 bridgehead atoms. The first kappa shape index (κ1) is 14.9. The van der Waals surface area contributed by atoms with E-state index in [9.17, 15) is 4.79 Å². The average Bonchev–Trinajstić information content (AvgIpc) is 2.47. The SMILES string of the molecule is CC(=O)CC1Oc2ccc(C)cc2C=C1c1ccc(Cl)cc1. The summed E-state index contributed by atoms with van der Waals surface area (Å²) < 4.78 is 6.07. The van der Waals surface area contributed by atoms with Gasteiger partial charge in [0.15, 0.2) is 0 Å². The molecular formula is C19H17ClO2. The second kappa shape index (κ2) is 5.98. The maximum atomic E-state index is 11.6. The van der Waals surface area contributed by atoms with E-state index >= 15 is 0 Å². The Hall–Kier alpha value is -2.06. The molecule has 1 aliphatic heterocycles. The Morgan fingerprint density at radius 1 is 1.18 bits per heavy atom. The van der Waals surface area contributed by atoms with Crippen LogP contribution in [-0.2, 0) is 4.79 Å². The van der Waals surface area contributed by atoms with Gasteiger partial charge in [-0.1, -0.05) is 35.4 Å². The van der Waals surface area contributed by atoms with Crippen LogP contribution in [0.2, 0.25) is 5.02 Å². The van der Waals surface area contributed by atoms with Crippen molar-refractivity contribution in [2.75, 3.05) is 0 Å². The third-order valence-corrected chi connectivity index (χ3v) is 3.99. The first-order chi connectivity index (χ1) is 10.5. The monoisotopic (exact) mass is 312 g/mol. The molecule has 0 fully saturated rings. The van der Waals surface area contributed by atoms with Gasteiger partial charge in [0.2, 0.25) is 0 Å². The fraction of sp³-hybridized carbons (Fsp3) is 0.211. The van der Waals surface area contributed by atoms with E-state index in [-0.39, 0.29) is 11.9 Å². The number of rotatable bonds is 3. The minimum Gasteiger partial charge on any atom is -0.485 e. The van der Waals surface area contributed by atoms with Crippen molar-refractivity contribution in [1.82, 2.24) is 0 Å². The summed E-state index contributed by atoms with van der Waals surface area (Å²) >= 11 is 5.97. The van der Waals surface area contributed by atoms with Crippen LogP contribution in [0.25, 0.3) is 11.6 Å². The standard InChI is InChI=1S/C19H17ClO2/c1-12-3-8-18-15(9-12)11-17(19(22-18)10-13(2)21)14-4-6-16(20)7-5-14/h3-9,11,19H,10H2,1-2H3.